The van der Waals surface area contributed by atoms with Gasteiger partial charge in [-0.05, 0) is 36.6 Å². The molecule has 2 rings (SSSR count). The lowest BCUT2D eigenvalue weighted by atomic mass is 10.0. The van der Waals surface area contributed by atoms with Crippen LogP contribution in [-0.4, -0.2) is 25.0 Å². The maximum Gasteiger partial charge on any atom is 0.255 e. The lowest BCUT2D eigenvalue weighted by molar-refractivity contribution is -0.120. The Balaban J connectivity index is 2.20. The summed E-state index contributed by atoms with van der Waals surface area (Å²) in [4.78, 5) is 24.4. The van der Waals surface area contributed by atoms with Gasteiger partial charge in [0.25, 0.3) is 5.91 Å². The number of nitrogens with two attached hydrogens (primary N) is 1. The molecule has 1 heterocycles. The van der Waals surface area contributed by atoms with Crippen LogP contribution in [0.4, 0.5) is 5.69 Å². The van der Waals surface area contributed by atoms with Crippen LogP contribution < -0.4 is 15.4 Å². The van der Waals surface area contributed by atoms with E-state index in [1.165, 1.54) is 0 Å². The van der Waals surface area contributed by atoms with E-state index in [2.05, 4.69) is 0 Å². The first-order valence-electron chi connectivity index (χ1n) is 6.46. The molecule has 5 nitrogen and oxygen atoms in total. The summed E-state index contributed by atoms with van der Waals surface area (Å²) in [5.74, 6) is 0.246. The molecule has 1 aliphatic rings. The van der Waals surface area contributed by atoms with Crippen molar-refractivity contribution in [3.8, 4) is 5.75 Å². The molecule has 0 saturated heterocycles. The summed E-state index contributed by atoms with van der Waals surface area (Å²) in [6, 6.07) is 5.52. The van der Waals surface area contributed by atoms with Gasteiger partial charge in [-0.1, -0.05) is 6.92 Å². The monoisotopic (exact) mass is 262 g/mol. The lowest BCUT2D eigenvalue weighted by Gasteiger charge is -2.29. The molecule has 0 spiro atoms. The van der Waals surface area contributed by atoms with Crippen molar-refractivity contribution in [3.05, 3.63) is 23.8 Å². The topological polar surface area (TPSA) is 72.6 Å². The quantitative estimate of drug-likeness (QED) is 0.887. The Kier molecular flexibility index (Phi) is 4.04. The van der Waals surface area contributed by atoms with Gasteiger partial charge in [0, 0.05) is 18.7 Å². The second-order valence-electron chi connectivity index (χ2n) is 4.55. The van der Waals surface area contributed by atoms with Crippen LogP contribution >= 0.6 is 0 Å². The first-order valence-corrected chi connectivity index (χ1v) is 6.46. The number of aryl methyl sites for hydroxylation is 1. The van der Waals surface area contributed by atoms with E-state index in [0.717, 1.165) is 30.6 Å². The lowest BCUT2D eigenvalue weighted by Crippen LogP contribution is -2.34. The van der Waals surface area contributed by atoms with Gasteiger partial charge in [-0.3, -0.25) is 9.59 Å². The Bertz CT molecular complexity index is 499. The van der Waals surface area contributed by atoms with Crippen molar-refractivity contribution in [1.82, 2.24) is 0 Å². The minimum absolute atomic E-state index is 0.129. The third-order valence-corrected chi connectivity index (χ3v) is 3.15. The molecule has 0 aliphatic carbocycles. The minimum atomic E-state index is -0.500. The van der Waals surface area contributed by atoms with Gasteiger partial charge in [0.05, 0.1) is 0 Å². The molecule has 0 saturated carbocycles. The molecule has 102 valence electrons. The maximum absolute atomic E-state index is 11.9. The zero-order chi connectivity index (χ0) is 13.8. The Morgan fingerprint density at radius 2 is 2.21 bits per heavy atom. The van der Waals surface area contributed by atoms with Gasteiger partial charge in [0.2, 0.25) is 5.91 Å². The Hall–Kier alpha value is -2.04. The summed E-state index contributed by atoms with van der Waals surface area (Å²) in [7, 11) is 0. The molecular weight excluding hydrogens is 244 g/mol. The summed E-state index contributed by atoms with van der Waals surface area (Å²) in [5, 5.41) is 0. The van der Waals surface area contributed by atoms with Crippen LogP contribution in [0.25, 0.3) is 0 Å². The van der Waals surface area contributed by atoms with Gasteiger partial charge >= 0.3 is 0 Å². The summed E-state index contributed by atoms with van der Waals surface area (Å²) in [6.45, 7) is 2.50. The van der Waals surface area contributed by atoms with E-state index in [1.54, 1.807) is 6.07 Å². The fourth-order valence-corrected chi connectivity index (χ4v) is 2.27. The third-order valence-electron chi connectivity index (χ3n) is 3.15. The maximum atomic E-state index is 11.9. The molecule has 0 aromatic heterocycles. The Morgan fingerprint density at radius 3 is 2.89 bits per heavy atom. The molecule has 0 atom stereocenters. The van der Waals surface area contributed by atoms with Gasteiger partial charge in [-0.2, -0.15) is 0 Å². The van der Waals surface area contributed by atoms with Crippen molar-refractivity contribution < 1.29 is 14.3 Å². The molecule has 0 fully saturated rings. The van der Waals surface area contributed by atoms with E-state index in [9.17, 15) is 9.59 Å². The summed E-state index contributed by atoms with van der Waals surface area (Å²) in [5.41, 5.74) is 7.07. The van der Waals surface area contributed by atoms with Crippen LogP contribution in [0.2, 0.25) is 0 Å². The molecule has 2 amide bonds. The fourth-order valence-electron chi connectivity index (χ4n) is 2.27. The Labute approximate surface area is 112 Å². The first-order chi connectivity index (χ1) is 9.11. The number of anilines is 1. The largest absolute Gasteiger partial charge is 0.484 e. The van der Waals surface area contributed by atoms with Crippen LogP contribution in [0.1, 0.15) is 25.3 Å². The zero-order valence-corrected chi connectivity index (χ0v) is 11.0. The van der Waals surface area contributed by atoms with E-state index >= 15 is 0 Å². The van der Waals surface area contributed by atoms with Gasteiger partial charge in [0.1, 0.15) is 5.75 Å². The SMILES string of the molecule is CCC(=O)N1CCCc2cc(OCC(N)=O)ccc21. The van der Waals surface area contributed by atoms with E-state index in [4.69, 9.17) is 10.5 Å². The van der Waals surface area contributed by atoms with Crippen molar-refractivity contribution in [2.75, 3.05) is 18.1 Å². The molecule has 2 N–H and O–H groups in total. The molecule has 0 bridgehead atoms. The third kappa shape index (κ3) is 3.05. The van der Waals surface area contributed by atoms with E-state index in [0.29, 0.717) is 12.2 Å². The van der Waals surface area contributed by atoms with Crippen molar-refractivity contribution in [3.63, 3.8) is 0 Å². The molecule has 19 heavy (non-hydrogen) atoms. The highest BCUT2D eigenvalue weighted by Crippen LogP contribution is 2.30. The normalized spacial score (nSPS) is 13.8. The zero-order valence-electron chi connectivity index (χ0n) is 11.0. The molecule has 0 unspecified atom stereocenters. The highest BCUT2D eigenvalue weighted by atomic mass is 16.5. The fraction of sp³-hybridized carbons (Fsp3) is 0.429. The molecule has 1 aliphatic heterocycles. The number of primary amides is 1. The van der Waals surface area contributed by atoms with Gasteiger partial charge in [-0.15, -0.1) is 0 Å². The number of hydrogen-bond donors (Lipinski definition) is 1. The molecule has 5 heteroatoms. The number of benzene rings is 1. The minimum Gasteiger partial charge on any atom is -0.484 e. The highest BCUT2D eigenvalue weighted by molar-refractivity contribution is 5.94. The van der Waals surface area contributed by atoms with Crippen molar-refractivity contribution in [1.29, 1.82) is 0 Å². The van der Waals surface area contributed by atoms with Crippen molar-refractivity contribution >= 4 is 17.5 Å². The van der Waals surface area contributed by atoms with Crippen LogP contribution in [0.15, 0.2) is 18.2 Å². The average Bonchev–Trinajstić information content (AvgIpc) is 2.43. The molecule has 0 radical (unpaired) electrons. The molecular formula is C14H18N2O3. The highest BCUT2D eigenvalue weighted by Gasteiger charge is 2.21. The predicted octanol–water partition coefficient (Wildman–Crippen LogP) is 1.24. The van der Waals surface area contributed by atoms with E-state index in [-0.39, 0.29) is 12.5 Å². The number of carbonyl (C=O) groups is 2. The predicted molar refractivity (Wildman–Crippen MR) is 72.1 cm³/mol. The number of ether oxygens (including phenoxy) is 1. The number of amides is 2. The average molecular weight is 262 g/mol. The van der Waals surface area contributed by atoms with Crippen LogP contribution in [0, 0.1) is 0 Å². The van der Waals surface area contributed by atoms with Crippen LogP contribution in [0.5, 0.6) is 5.75 Å². The van der Waals surface area contributed by atoms with E-state index < -0.39 is 5.91 Å². The Morgan fingerprint density at radius 1 is 1.42 bits per heavy atom. The first kappa shape index (κ1) is 13.4. The number of rotatable bonds is 4. The summed E-state index contributed by atoms with van der Waals surface area (Å²) in [6.07, 6.45) is 2.36. The van der Waals surface area contributed by atoms with Gasteiger partial charge in [-0.25, -0.2) is 0 Å². The van der Waals surface area contributed by atoms with Crippen LogP contribution in [-0.2, 0) is 16.0 Å². The van der Waals surface area contributed by atoms with Crippen LogP contribution in [0.3, 0.4) is 0 Å². The number of hydrogen-bond acceptors (Lipinski definition) is 3. The molecule has 1 aromatic rings. The van der Waals surface area contributed by atoms with Crippen molar-refractivity contribution in [2.45, 2.75) is 26.2 Å². The smallest absolute Gasteiger partial charge is 0.255 e. The van der Waals surface area contributed by atoms with Gasteiger partial charge < -0.3 is 15.4 Å². The molecule has 1 aromatic carbocycles. The summed E-state index contributed by atoms with van der Waals surface area (Å²) < 4.78 is 5.28. The number of carbonyl (C=O) groups excluding carboxylic acids is 2. The van der Waals surface area contributed by atoms with Crippen molar-refractivity contribution in [2.24, 2.45) is 5.73 Å². The van der Waals surface area contributed by atoms with E-state index in [1.807, 2.05) is 24.0 Å². The summed E-state index contributed by atoms with van der Waals surface area (Å²) >= 11 is 0. The second kappa shape index (κ2) is 5.73. The second-order valence-corrected chi connectivity index (χ2v) is 4.55. The van der Waals surface area contributed by atoms with Gasteiger partial charge in [0.15, 0.2) is 6.61 Å². The standard InChI is InChI=1S/C14H18N2O3/c1-2-14(18)16-7-3-4-10-8-11(5-6-12(10)16)19-9-13(15)17/h5-6,8H,2-4,7,9H2,1H3,(H2,15,17). The number of nitrogens with zero attached hydrogens (tertiary/aromatic N) is 1. The number of fused-ring (bicyclic) bond motifs is 1.